The van der Waals surface area contributed by atoms with Crippen LogP contribution in [-0.2, 0) is 9.84 Å². The van der Waals surface area contributed by atoms with Crippen LogP contribution in [0.5, 0.6) is 0 Å². The minimum atomic E-state index is -4.65. The molecule has 0 spiro atoms. The molecule has 0 fully saturated rings. The van der Waals surface area contributed by atoms with E-state index >= 15 is 0 Å². The zero-order chi connectivity index (χ0) is 15.4. The standard InChI is InChI=1S/C13H19F2NO3S/c1-3-13(2,9-17)8-16-10-6-4-5-7-11(10)20(18,19)12(14)15/h4-7,12,16-17H,3,8-9H2,1-2H3. The van der Waals surface area contributed by atoms with E-state index in [1.54, 1.807) is 6.07 Å². The minimum Gasteiger partial charge on any atom is -0.396 e. The van der Waals surface area contributed by atoms with E-state index in [0.29, 0.717) is 6.42 Å². The summed E-state index contributed by atoms with van der Waals surface area (Å²) in [4.78, 5) is -0.425. The first-order valence-corrected chi connectivity index (χ1v) is 7.77. The lowest BCUT2D eigenvalue weighted by Crippen LogP contribution is -2.30. The fraction of sp³-hybridized carbons (Fsp3) is 0.538. The second-order valence-corrected chi connectivity index (χ2v) is 6.86. The van der Waals surface area contributed by atoms with Crippen LogP contribution in [0.3, 0.4) is 0 Å². The normalized spacial score (nSPS) is 15.1. The van der Waals surface area contributed by atoms with Crippen LogP contribution in [0.2, 0.25) is 0 Å². The van der Waals surface area contributed by atoms with Crippen LogP contribution < -0.4 is 5.32 Å². The summed E-state index contributed by atoms with van der Waals surface area (Å²) in [6.07, 6.45) is 0.667. The molecule has 4 nitrogen and oxygen atoms in total. The van der Waals surface area contributed by atoms with Crippen molar-refractivity contribution < 1.29 is 22.3 Å². The summed E-state index contributed by atoms with van der Waals surface area (Å²) >= 11 is 0. The van der Waals surface area contributed by atoms with Crippen molar-refractivity contribution in [2.24, 2.45) is 5.41 Å². The van der Waals surface area contributed by atoms with E-state index in [1.165, 1.54) is 12.1 Å². The van der Waals surface area contributed by atoms with E-state index in [1.807, 2.05) is 13.8 Å². The van der Waals surface area contributed by atoms with E-state index in [0.717, 1.165) is 6.07 Å². The largest absolute Gasteiger partial charge is 0.396 e. The molecule has 2 N–H and O–H groups in total. The predicted molar refractivity (Wildman–Crippen MR) is 73.6 cm³/mol. The van der Waals surface area contributed by atoms with Crippen molar-refractivity contribution in [2.45, 2.75) is 30.9 Å². The summed E-state index contributed by atoms with van der Waals surface area (Å²) in [7, 11) is -4.65. The molecule has 114 valence electrons. The van der Waals surface area contributed by atoms with Crippen molar-refractivity contribution in [1.29, 1.82) is 0 Å². The van der Waals surface area contributed by atoms with Gasteiger partial charge in [0.05, 0.1) is 17.2 Å². The van der Waals surface area contributed by atoms with Gasteiger partial charge in [-0.05, 0) is 18.6 Å². The molecule has 0 saturated carbocycles. The highest BCUT2D eigenvalue weighted by Crippen LogP contribution is 2.28. The number of benzene rings is 1. The maximum atomic E-state index is 12.6. The molecule has 0 aliphatic rings. The van der Waals surface area contributed by atoms with Crippen LogP contribution in [0.15, 0.2) is 29.2 Å². The van der Waals surface area contributed by atoms with Crippen LogP contribution in [0, 0.1) is 5.41 Å². The van der Waals surface area contributed by atoms with Crippen molar-refractivity contribution in [3.63, 3.8) is 0 Å². The molecule has 1 rings (SSSR count). The number of para-hydroxylation sites is 1. The number of aliphatic hydroxyl groups excluding tert-OH is 1. The Hall–Kier alpha value is -1.21. The number of halogens is 2. The van der Waals surface area contributed by atoms with Gasteiger partial charge in [0.25, 0.3) is 0 Å². The molecule has 0 aromatic heterocycles. The third kappa shape index (κ3) is 3.67. The van der Waals surface area contributed by atoms with Crippen LogP contribution in [-0.4, -0.2) is 32.4 Å². The molecule has 1 unspecified atom stereocenters. The number of anilines is 1. The molecule has 1 atom stereocenters. The molecule has 0 saturated heterocycles. The molecule has 7 heteroatoms. The van der Waals surface area contributed by atoms with E-state index in [-0.39, 0.29) is 18.8 Å². The van der Waals surface area contributed by atoms with Crippen molar-refractivity contribution in [3.8, 4) is 0 Å². The van der Waals surface area contributed by atoms with Crippen molar-refractivity contribution >= 4 is 15.5 Å². The topological polar surface area (TPSA) is 66.4 Å². The molecular formula is C13H19F2NO3S. The highest BCUT2D eigenvalue weighted by molar-refractivity contribution is 7.91. The Balaban J connectivity index is 3.04. The number of hydrogen-bond acceptors (Lipinski definition) is 4. The second-order valence-electron chi connectivity index (χ2n) is 4.98. The molecule has 1 aromatic rings. The van der Waals surface area contributed by atoms with Gasteiger partial charge in [0.15, 0.2) is 0 Å². The van der Waals surface area contributed by atoms with Crippen molar-refractivity contribution in [3.05, 3.63) is 24.3 Å². The first-order valence-electron chi connectivity index (χ1n) is 6.22. The summed E-state index contributed by atoms with van der Waals surface area (Å²) in [5, 5.41) is 12.1. The van der Waals surface area contributed by atoms with Gasteiger partial charge in [0.2, 0.25) is 9.84 Å². The zero-order valence-corrected chi connectivity index (χ0v) is 12.3. The van der Waals surface area contributed by atoms with Gasteiger partial charge in [-0.2, -0.15) is 8.78 Å². The predicted octanol–water partition coefficient (Wildman–Crippen LogP) is 2.50. The average Bonchev–Trinajstić information content (AvgIpc) is 2.44. The Morgan fingerprint density at radius 1 is 1.35 bits per heavy atom. The maximum Gasteiger partial charge on any atom is 0.341 e. The van der Waals surface area contributed by atoms with Gasteiger partial charge >= 0.3 is 5.76 Å². The first kappa shape index (κ1) is 16.8. The van der Waals surface area contributed by atoms with E-state index in [2.05, 4.69) is 5.32 Å². The fourth-order valence-electron chi connectivity index (χ4n) is 1.56. The van der Waals surface area contributed by atoms with Crippen LogP contribution >= 0.6 is 0 Å². The van der Waals surface area contributed by atoms with Gasteiger partial charge in [-0.1, -0.05) is 26.0 Å². The zero-order valence-electron chi connectivity index (χ0n) is 11.4. The van der Waals surface area contributed by atoms with Gasteiger partial charge in [-0.15, -0.1) is 0 Å². The summed E-state index contributed by atoms with van der Waals surface area (Å²) in [6, 6.07) is 5.54. The minimum absolute atomic E-state index is 0.0831. The molecule has 0 radical (unpaired) electrons. The lowest BCUT2D eigenvalue weighted by molar-refractivity contribution is 0.149. The maximum absolute atomic E-state index is 12.6. The average molecular weight is 307 g/mol. The highest BCUT2D eigenvalue weighted by Gasteiger charge is 2.29. The van der Waals surface area contributed by atoms with Gasteiger partial charge in [-0.3, -0.25) is 0 Å². The van der Waals surface area contributed by atoms with Crippen LogP contribution in [0.1, 0.15) is 20.3 Å². The quantitative estimate of drug-likeness (QED) is 0.812. The number of hydrogen-bond donors (Lipinski definition) is 2. The van der Waals surface area contributed by atoms with E-state index < -0.39 is 25.9 Å². The molecule has 0 heterocycles. The van der Waals surface area contributed by atoms with E-state index in [4.69, 9.17) is 0 Å². The third-order valence-electron chi connectivity index (χ3n) is 3.37. The van der Waals surface area contributed by atoms with Gasteiger partial charge in [-0.25, -0.2) is 8.42 Å². The Morgan fingerprint density at radius 2 is 1.95 bits per heavy atom. The molecule has 0 aliphatic heterocycles. The summed E-state index contributed by atoms with van der Waals surface area (Å²) < 4.78 is 48.4. The Morgan fingerprint density at radius 3 is 2.45 bits per heavy atom. The number of nitrogens with one attached hydrogen (secondary N) is 1. The summed E-state index contributed by atoms with van der Waals surface area (Å²) in [5.41, 5.74) is -0.317. The van der Waals surface area contributed by atoms with Gasteiger partial charge < -0.3 is 10.4 Å². The Kier molecular flexibility index (Phi) is 5.47. The highest BCUT2D eigenvalue weighted by atomic mass is 32.2. The SMILES string of the molecule is CCC(C)(CO)CNc1ccccc1S(=O)(=O)C(F)F. The molecule has 1 aromatic carbocycles. The van der Waals surface area contributed by atoms with Gasteiger partial charge in [0.1, 0.15) is 0 Å². The number of sulfone groups is 1. The number of alkyl halides is 2. The molecule has 0 aliphatic carbocycles. The lowest BCUT2D eigenvalue weighted by Gasteiger charge is -2.27. The van der Waals surface area contributed by atoms with Crippen molar-refractivity contribution in [2.75, 3.05) is 18.5 Å². The summed E-state index contributed by atoms with van der Waals surface area (Å²) in [6.45, 7) is 3.92. The number of rotatable bonds is 7. The van der Waals surface area contributed by atoms with Gasteiger partial charge in [0, 0.05) is 12.0 Å². The molecule has 0 amide bonds. The Labute approximate surface area is 117 Å². The first-order chi connectivity index (χ1) is 9.27. The van der Waals surface area contributed by atoms with Crippen molar-refractivity contribution in [1.82, 2.24) is 0 Å². The third-order valence-corrected chi connectivity index (χ3v) is 4.81. The summed E-state index contributed by atoms with van der Waals surface area (Å²) in [5.74, 6) is -3.46. The van der Waals surface area contributed by atoms with Crippen LogP contribution in [0.25, 0.3) is 0 Å². The Bertz CT molecular complexity index is 542. The second kappa shape index (κ2) is 6.49. The van der Waals surface area contributed by atoms with Crippen LogP contribution in [0.4, 0.5) is 14.5 Å². The van der Waals surface area contributed by atoms with E-state index in [9.17, 15) is 22.3 Å². The number of aliphatic hydroxyl groups is 1. The lowest BCUT2D eigenvalue weighted by atomic mass is 9.88. The molecular weight excluding hydrogens is 288 g/mol. The fourth-order valence-corrected chi connectivity index (χ4v) is 2.47. The monoisotopic (exact) mass is 307 g/mol. The smallest absolute Gasteiger partial charge is 0.341 e. The molecule has 0 bridgehead atoms. The molecule has 20 heavy (non-hydrogen) atoms.